The highest BCUT2D eigenvalue weighted by Crippen LogP contribution is 2.26. The first-order chi connectivity index (χ1) is 7.31. The Morgan fingerprint density at radius 1 is 1.40 bits per heavy atom. The van der Waals surface area contributed by atoms with Crippen LogP contribution in [0.1, 0.15) is 11.3 Å². The van der Waals surface area contributed by atoms with E-state index in [0.29, 0.717) is 5.56 Å². The minimum Gasteiger partial charge on any atom is -0.342 e. The van der Waals surface area contributed by atoms with Crippen LogP contribution < -0.4 is 5.32 Å². The van der Waals surface area contributed by atoms with Gasteiger partial charge in [0.05, 0.1) is 23.8 Å². The number of hydrogen-bond donors (Lipinski definition) is 1. The van der Waals surface area contributed by atoms with E-state index in [1.54, 1.807) is 12.4 Å². The van der Waals surface area contributed by atoms with Crippen LogP contribution in [0.15, 0.2) is 18.7 Å². The lowest BCUT2D eigenvalue weighted by molar-refractivity contribution is 1.17. The van der Waals surface area contributed by atoms with Crippen molar-refractivity contribution in [3.05, 3.63) is 30.0 Å². The van der Waals surface area contributed by atoms with Gasteiger partial charge >= 0.3 is 0 Å². The Balaban J connectivity index is 2.30. The molecule has 0 fully saturated rings. The molecule has 2 aromatic rings. The van der Waals surface area contributed by atoms with Crippen molar-refractivity contribution in [1.82, 2.24) is 14.3 Å². The molecule has 0 atom stereocenters. The third-order valence-corrected chi connectivity index (χ3v) is 2.65. The van der Waals surface area contributed by atoms with Crippen LogP contribution in [0.5, 0.6) is 0 Å². The van der Waals surface area contributed by atoms with E-state index in [0.717, 1.165) is 16.4 Å². The van der Waals surface area contributed by atoms with Gasteiger partial charge in [-0.05, 0) is 18.5 Å². The molecule has 5 nitrogen and oxygen atoms in total. The van der Waals surface area contributed by atoms with Crippen LogP contribution in [0.4, 0.5) is 10.7 Å². The van der Waals surface area contributed by atoms with Crippen LogP contribution in [0.2, 0.25) is 0 Å². The average molecular weight is 217 g/mol. The van der Waals surface area contributed by atoms with Crippen molar-refractivity contribution in [1.29, 1.82) is 5.26 Å². The maximum Gasteiger partial charge on any atom is 0.132 e. The SMILES string of the molecule is Cc1nsc(Nc2cncnc2)c1C#N. The summed E-state index contributed by atoms with van der Waals surface area (Å²) in [6, 6.07) is 2.11. The van der Waals surface area contributed by atoms with E-state index in [-0.39, 0.29) is 0 Å². The molecule has 6 heteroatoms. The molecule has 0 saturated carbocycles. The molecule has 74 valence electrons. The number of rotatable bonds is 2. The van der Waals surface area contributed by atoms with Crippen LogP contribution in [0.25, 0.3) is 0 Å². The fraction of sp³-hybridized carbons (Fsp3) is 0.111. The third kappa shape index (κ3) is 1.92. The highest BCUT2D eigenvalue weighted by molar-refractivity contribution is 7.10. The molecule has 0 aliphatic carbocycles. The van der Waals surface area contributed by atoms with Crippen LogP contribution in [0.3, 0.4) is 0 Å². The maximum absolute atomic E-state index is 8.91. The van der Waals surface area contributed by atoms with Crippen LogP contribution in [0, 0.1) is 18.3 Å². The Morgan fingerprint density at radius 2 is 2.13 bits per heavy atom. The fourth-order valence-corrected chi connectivity index (χ4v) is 1.85. The lowest BCUT2D eigenvalue weighted by Crippen LogP contribution is -1.91. The second kappa shape index (κ2) is 4.02. The normalized spacial score (nSPS) is 9.60. The molecule has 0 spiro atoms. The minimum absolute atomic E-state index is 0.573. The third-order valence-electron chi connectivity index (χ3n) is 1.79. The zero-order chi connectivity index (χ0) is 10.7. The lowest BCUT2D eigenvalue weighted by atomic mass is 10.3. The van der Waals surface area contributed by atoms with E-state index in [4.69, 9.17) is 5.26 Å². The number of nitriles is 1. The second-order valence-corrected chi connectivity index (χ2v) is 3.61. The highest BCUT2D eigenvalue weighted by Gasteiger charge is 2.09. The molecule has 0 aromatic carbocycles. The van der Waals surface area contributed by atoms with E-state index >= 15 is 0 Å². The molecule has 0 saturated heterocycles. The number of aromatic nitrogens is 3. The molecule has 1 N–H and O–H groups in total. The molecule has 0 aliphatic heterocycles. The molecule has 0 amide bonds. The van der Waals surface area contributed by atoms with Crippen molar-refractivity contribution in [3.8, 4) is 6.07 Å². The summed E-state index contributed by atoms with van der Waals surface area (Å²) in [4.78, 5) is 7.74. The van der Waals surface area contributed by atoms with E-state index in [1.165, 1.54) is 17.9 Å². The Kier molecular flexibility index (Phi) is 2.56. The molecule has 15 heavy (non-hydrogen) atoms. The summed E-state index contributed by atoms with van der Waals surface area (Å²) in [6.45, 7) is 1.81. The van der Waals surface area contributed by atoms with Gasteiger partial charge in [0.15, 0.2) is 0 Å². The molecule has 2 aromatic heterocycles. The number of hydrogen-bond acceptors (Lipinski definition) is 6. The van der Waals surface area contributed by atoms with E-state index in [2.05, 4.69) is 25.7 Å². The van der Waals surface area contributed by atoms with Crippen molar-refractivity contribution >= 4 is 22.2 Å². The van der Waals surface area contributed by atoms with Crippen LogP contribution in [-0.2, 0) is 0 Å². The van der Waals surface area contributed by atoms with Gasteiger partial charge in [-0.3, -0.25) is 0 Å². The van der Waals surface area contributed by atoms with Crippen molar-refractivity contribution in [3.63, 3.8) is 0 Å². The monoisotopic (exact) mass is 217 g/mol. The molecule has 0 aliphatic rings. The average Bonchev–Trinajstić information content (AvgIpc) is 2.61. The molecular weight excluding hydrogens is 210 g/mol. The molecule has 2 rings (SSSR count). The number of aryl methyl sites for hydroxylation is 1. The van der Waals surface area contributed by atoms with Crippen molar-refractivity contribution < 1.29 is 0 Å². The van der Waals surface area contributed by atoms with E-state index < -0.39 is 0 Å². The van der Waals surface area contributed by atoms with Crippen molar-refractivity contribution in [2.75, 3.05) is 5.32 Å². The van der Waals surface area contributed by atoms with Crippen molar-refractivity contribution in [2.24, 2.45) is 0 Å². The topological polar surface area (TPSA) is 74.5 Å². The Labute approximate surface area is 90.6 Å². The largest absolute Gasteiger partial charge is 0.342 e. The van der Waals surface area contributed by atoms with Gasteiger partial charge in [-0.2, -0.15) is 9.64 Å². The minimum atomic E-state index is 0.573. The Hall–Kier alpha value is -2.00. The Morgan fingerprint density at radius 3 is 2.80 bits per heavy atom. The number of nitrogens with zero attached hydrogens (tertiary/aromatic N) is 4. The molecule has 0 bridgehead atoms. The first-order valence-corrected chi connectivity index (χ1v) is 4.97. The fourth-order valence-electron chi connectivity index (χ4n) is 1.08. The quantitative estimate of drug-likeness (QED) is 0.831. The predicted molar refractivity (Wildman–Crippen MR) is 56.9 cm³/mol. The van der Waals surface area contributed by atoms with Gasteiger partial charge < -0.3 is 5.32 Å². The maximum atomic E-state index is 8.91. The zero-order valence-corrected chi connectivity index (χ0v) is 8.75. The molecule has 0 radical (unpaired) electrons. The van der Waals surface area contributed by atoms with E-state index in [9.17, 15) is 0 Å². The van der Waals surface area contributed by atoms with E-state index in [1.807, 2.05) is 6.92 Å². The summed E-state index contributed by atoms with van der Waals surface area (Å²) in [5.41, 5.74) is 2.06. The molecule has 2 heterocycles. The van der Waals surface area contributed by atoms with Gasteiger partial charge in [0.2, 0.25) is 0 Å². The van der Waals surface area contributed by atoms with Crippen LogP contribution in [-0.4, -0.2) is 14.3 Å². The lowest BCUT2D eigenvalue weighted by Gasteiger charge is -2.00. The van der Waals surface area contributed by atoms with Gasteiger partial charge in [-0.25, -0.2) is 9.97 Å². The first kappa shape index (κ1) is 9.55. The van der Waals surface area contributed by atoms with Gasteiger partial charge in [-0.1, -0.05) is 0 Å². The van der Waals surface area contributed by atoms with Crippen LogP contribution >= 0.6 is 11.5 Å². The summed E-state index contributed by atoms with van der Waals surface area (Å²) in [7, 11) is 0. The molecule has 0 unspecified atom stereocenters. The summed E-state index contributed by atoms with van der Waals surface area (Å²) in [5, 5.41) is 12.7. The zero-order valence-electron chi connectivity index (χ0n) is 7.93. The Bertz CT molecular complexity index is 499. The van der Waals surface area contributed by atoms with Gasteiger partial charge in [-0.15, -0.1) is 0 Å². The summed E-state index contributed by atoms with van der Waals surface area (Å²) in [5.74, 6) is 0. The standard InChI is InChI=1S/C9H7N5S/c1-6-8(2-10)9(15-14-6)13-7-3-11-5-12-4-7/h3-5,13H,1H3. The summed E-state index contributed by atoms with van der Waals surface area (Å²) >= 11 is 1.26. The number of anilines is 2. The number of nitrogens with one attached hydrogen (secondary N) is 1. The summed E-state index contributed by atoms with van der Waals surface area (Å²) in [6.07, 6.45) is 4.74. The first-order valence-electron chi connectivity index (χ1n) is 4.19. The predicted octanol–water partition coefficient (Wildman–Crippen LogP) is 1.86. The molecular formula is C9H7N5S. The summed E-state index contributed by atoms with van der Waals surface area (Å²) < 4.78 is 4.10. The van der Waals surface area contributed by atoms with Gasteiger partial charge in [0.1, 0.15) is 23.0 Å². The van der Waals surface area contributed by atoms with Crippen molar-refractivity contribution in [2.45, 2.75) is 6.92 Å². The highest BCUT2D eigenvalue weighted by atomic mass is 32.1. The second-order valence-electron chi connectivity index (χ2n) is 2.84. The smallest absolute Gasteiger partial charge is 0.132 e. The van der Waals surface area contributed by atoms with Gasteiger partial charge in [0, 0.05) is 0 Å². The van der Waals surface area contributed by atoms with Gasteiger partial charge in [0.25, 0.3) is 0 Å².